The lowest BCUT2D eigenvalue weighted by atomic mass is 10.1. The fraction of sp³-hybridized carbons (Fsp3) is 0.240. The molecule has 0 saturated heterocycles. The first kappa shape index (κ1) is 24.0. The van der Waals surface area contributed by atoms with Crippen molar-refractivity contribution in [1.29, 1.82) is 0 Å². The summed E-state index contributed by atoms with van der Waals surface area (Å²) in [5.74, 6) is -0.378. The molecule has 0 radical (unpaired) electrons. The van der Waals surface area contributed by atoms with E-state index in [4.69, 9.17) is 11.6 Å². The molecule has 32 heavy (non-hydrogen) atoms. The van der Waals surface area contributed by atoms with Gasteiger partial charge in [0.25, 0.3) is 0 Å². The maximum absolute atomic E-state index is 13.6. The van der Waals surface area contributed by atoms with Crippen LogP contribution in [0, 0.1) is 13.8 Å². The quantitative estimate of drug-likeness (QED) is 0.502. The van der Waals surface area contributed by atoms with Crippen LogP contribution in [-0.4, -0.2) is 25.2 Å². The van der Waals surface area contributed by atoms with Crippen LogP contribution in [0.2, 0.25) is 5.02 Å². The average molecular weight is 471 g/mol. The van der Waals surface area contributed by atoms with Crippen LogP contribution < -0.4 is 5.32 Å². The Morgan fingerprint density at radius 3 is 2.31 bits per heavy atom. The SMILES string of the molecule is Cc1ccc(C)c(S(=O)(=O)N(CC(=O)N[C@@H](C)c2ccc(Cl)cc2)Cc2ccccc2)c1. The molecule has 0 fully saturated rings. The number of nitrogens with zero attached hydrogens (tertiary/aromatic N) is 1. The molecule has 3 rings (SSSR count). The largest absolute Gasteiger partial charge is 0.348 e. The Bertz CT molecular complexity index is 1180. The zero-order valence-corrected chi connectivity index (χ0v) is 20.0. The molecular weight excluding hydrogens is 444 g/mol. The topological polar surface area (TPSA) is 66.5 Å². The molecule has 168 valence electrons. The number of hydrogen-bond donors (Lipinski definition) is 1. The first-order valence-corrected chi connectivity index (χ1v) is 12.1. The second-order valence-electron chi connectivity index (χ2n) is 7.87. The number of aryl methyl sites for hydroxylation is 2. The van der Waals surface area contributed by atoms with E-state index in [0.717, 1.165) is 16.7 Å². The second kappa shape index (κ2) is 10.3. The number of benzene rings is 3. The molecule has 3 aromatic carbocycles. The van der Waals surface area contributed by atoms with Gasteiger partial charge in [0.15, 0.2) is 0 Å². The molecule has 1 amide bonds. The molecule has 0 aromatic heterocycles. The van der Waals surface area contributed by atoms with Crippen molar-refractivity contribution in [2.45, 2.75) is 38.3 Å². The fourth-order valence-corrected chi connectivity index (χ4v) is 5.24. The number of carbonyl (C=O) groups excluding carboxylic acids is 1. The lowest BCUT2D eigenvalue weighted by Crippen LogP contribution is -2.41. The van der Waals surface area contributed by atoms with Crippen LogP contribution in [0.25, 0.3) is 0 Å². The third-order valence-corrected chi connectivity index (χ3v) is 7.42. The predicted octanol–water partition coefficient (Wildman–Crippen LogP) is 5.03. The highest BCUT2D eigenvalue weighted by atomic mass is 35.5. The first-order valence-electron chi connectivity index (χ1n) is 10.3. The molecule has 0 unspecified atom stereocenters. The molecule has 0 spiro atoms. The van der Waals surface area contributed by atoms with Gasteiger partial charge < -0.3 is 5.32 Å². The Hall–Kier alpha value is -2.67. The summed E-state index contributed by atoms with van der Waals surface area (Å²) in [6.07, 6.45) is 0. The van der Waals surface area contributed by atoms with Gasteiger partial charge in [-0.25, -0.2) is 8.42 Å². The normalized spacial score (nSPS) is 12.5. The molecule has 0 aliphatic rings. The predicted molar refractivity (Wildman–Crippen MR) is 128 cm³/mol. The van der Waals surface area contributed by atoms with Gasteiger partial charge in [0.05, 0.1) is 17.5 Å². The summed E-state index contributed by atoms with van der Waals surface area (Å²) in [5, 5.41) is 3.51. The number of amides is 1. The standard InChI is InChI=1S/C25H27ClN2O3S/c1-18-9-10-19(2)24(15-18)32(30,31)28(16-21-7-5-4-6-8-21)17-25(29)27-20(3)22-11-13-23(26)14-12-22/h4-15,20H,16-17H2,1-3H3,(H,27,29)/t20-/m0/s1. The van der Waals surface area contributed by atoms with Crippen molar-refractivity contribution in [2.24, 2.45) is 0 Å². The van der Waals surface area contributed by atoms with E-state index < -0.39 is 10.0 Å². The van der Waals surface area contributed by atoms with Gasteiger partial charge in [-0.2, -0.15) is 4.31 Å². The van der Waals surface area contributed by atoms with Crippen molar-refractivity contribution in [3.05, 3.63) is 100 Å². The van der Waals surface area contributed by atoms with Gasteiger partial charge >= 0.3 is 0 Å². The minimum Gasteiger partial charge on any atom is -0.348 e. The molecule has 7 heteroatoms. The third kappa shape index (κ3) is 5.97. The van der Waals surface area contributed by atoms with Gasteiger partial charge in [0, 0.05) is 11.6 Å². The summed E-state index contributed by atoms with van der Waals surface area (Å²) in [5.41, 5.74) is 3.17. The summed E-state index contributed by atoms with van der Waals surface area (Å²) in [7, 11) is -3.90. The third-order valence-electron chi connectivity index (χ3n) is 5.23. The zero-order chi connectivity index (χ0) is 23.3. The van der Waals surface area contributed by atoms with E-state index in [-0.39, 0.29) is 29.9 Å². The van der Waals surface area contributed by atoms with Gasteiger partial charge in [-0.3, -0.25) is 4.79 Å². The highest BCUT2D eigenvalue weighted by Crippen LogP contribution is 2.23. The van der Waals surface area contributed by atoms with Gasteiger partial charge in [0.2, 0.25) is 15.9 Å². The van der Waals surface area contributed by atoms with Gasteiger partial charge in [-0.15, -0.1) is 0 Å². The molecule has 1 atom stereocenters. The maximum atomic E-state index is 13.6. The fourth-order valence-electron chi connectivity index (χ4n) is 3.42. The van der Waals surface area contributed by atoms with Crippen LogP contribution >= 0.6 is 11.6 Å². The number of sulfonamides is 1. The molecule has 0 bridgehead atoms. The maximum Gasteiger partial charge on any atom is 0.244 e. The summed E-state index contributed by atoms with van der Waals surface area (Å²) in [6, 6.07) is 21.5. The summed E-state index contributed by atoms with van der Waals surface area (Å²) in [6.45, 7) is 5.26. The Morgan fingerprint density at radius 1 is 1.00 bits per heavy atom. The van der Waals surface area contributed by atoms with Crippen molar-refractivity contribution in [3.63, 3.8) is 0 Å². The monoisotopic (exact) mass is 470 g/mol. The van der Waals surface area contributed by atoms with Crippen molar-refractivity contribution in [2.75, 3.05) is 6.54 Å². The van der Waals surface area contributed by atoms with Crippen molar-refractivity contribution >= 4 is 27.5 Å². The van der Waals surface area contributed by atoms with Crippen molar-refractivity contribution in [1.82, 2.24) is 9.62 Å². The van der Waals surface area contributed by atoms with Gasteiger partial charge in [-0.1, -0.05) is 66.2 Å². The minimum absolute atomic E-state index is 0.0965. The van der Waals surface area contributed by atoms with Gasteiger partial charge in [-0.05, 0) is 61.2 Å². The van der Waals surface area contributed by atoms with E-state index in [9.17, 15) is 13.2 Å². The molecular formula is C25H27ClN2O3S. The lowest BCUT2D eigenvalue weighted by Gasteiger charge is -2.24. The van der Waals surface area contributed by atoms with E-state index in [1.54, 1.807) is 31.2 Å². The Kier molecular flexibility index (Phi) is 7.72. The molecule has 1 N–H and O–H groups in total. The number of rotatable bonds is 8. The molecule has 0 aliphatic carbocycles. The van der Waals surface area contributed by atoms with Crippen LogP contribution in [0.4, 0.5) is 0 Å². The van der Waals surface area contributed by atoms with E-state index in [1.165, 1.54) is 4.31 Å². The molecule has 5 nitrogen and oxygen atoms in total. The molecule has 0 aliphatic heterocycles. The van der Waals surface area contributed by atoms with Crippen LogP contribution in [0.3, 0.4) is 0 Å². The molecule has 3 aromatic rings. The second-order valence-corrected chi connectivity index (χ2v) is 10.2. The number of nitrogens with one attached hydrogen (secondary N) is 1. The Balaban J connectivity index is 1.86. The average Bonchev–Trinajstić information content (AvgIpc) is 2.76. The summed E-state index contributed by atoms with van der Waals surface area (Å²) < 4.78 is 28.4. The summed E-state index contributed by atoms with van der Waals surface area (Å²) >= 11 is 5.94. The number of carbonyl (C=O) groups is 1. The van der Waals surface area contributed by atoms with E-state index in [1.807, 2.05) is 62.4 Å². The highest BCUT2D eigenvalue weighted by Gasteiger charge is 2.29. The Labute approximate surface area is 195 Å². The summed E-state index contributed by atoms with van der Waals surface area (Å²) in [4.78, 5) is 13.1. The van der Waals surface area contributed by atoms with Crippen molar-refractivity contribution < 1.29 is 13.2 Å². The van der Waals surface area contributed by atoms with Crippen LogP contribution in [-0.2, 0) is 21.4 Å². The zero-order valence-electron chi connectivity index (χ0n) is 18.4. The van der Waals surface area contributed by atoms with E-state index in [0.29, 0.717) is 10.6 Å². The highest BCUT2D eigenvalue weighted by molar-refractivity contribution is 7.89. The van der Waals surface area contributed by atoms with Crippen molar-refractivity contribution in [3.8, 4) is 0 Å². The Morgan fingerprint density at radius 2 is 1.66 bits per heavy atom. The van der Waals surface area contributed by atoms with Crippen LogP contribution in [0.5, 0.6) is 0 Å². The number of halogens is 1. The molecule has 0 saturated carbocycles. The smallest absolute Gasteiger partial charge is 0.244 e. The van der Waals surface area contributed by atoms with E-state index >= 15 is 0 Å². The van der Waals surface area contributed by atoms with E-state index in [2.05, 4.69) is 5.32 Å². The number of hydrogen-bond acceptors (Lipinski definition) is 3. The first-order chi connectivity index (χ1) is 15.2. The minimum atomic E-state index is -3.90. The van der Waals surface area contributed by atoms with Crippen LogP contribution in [0.1, 0.15) is 35.2 Å². The lowest BCUT2D eigenvalue weighted by molar-refractivity contribution is -0.122. The van der Waals surface area contributed by atoms with Gasteiger partial charge in [0.1, 0.15) is 0 Å². The van der Waals surface area contributed by atoms with Crippen LogP contribution in [0.15, 0.2) is 77.7 Å². The molecule has 0 heterocycles.